The number of hydrogen-bond acceptors (Lipinski definition) is 5. The van der Waals surface area contributed by atoms with Gasteiger partial charge in [0.15, 0.2) is 12.4 Å². The van der Waals surface area contributed by atoms with E-state index >= 15 is 0 Å². The molecule has 3 rings (SSSR count). The summed E-state index contributed by atoms with van der Waals surface area (Å²) in [4.78, 5) is 41.2. The maximum atomic E-state index is 12.4. The molecule has 0 atom stereocenters. The Morgan fingerprint density at radius 1 is 1.03 bits per heavy atom. The predicted molar refractivity (Wildman–Crippen MR) is 111 cm³/mol. The summed E-state index contributed by atoms with van der Waals surface area (Å²) in [5.74, 6) is -0.854. The molecule has 6 heteroatoms. The van der Waals surface area contributed by atoms with Crippen molar-refractivity contribution in [2.75, 3.05) is 6.61 Å². The molecule has 0 amide bonds. The zero-order chi connectivity index (χ0) is 21.0. The van der Waals surface area contributed by atoms with Gasteiger partial charge in [0, 0.05) is 12.1 Å². The van der Waals surface area contributed by atoms with Crippen molar-refractivity contribution in [2.24, 2.45) is 0 Å². The van der Waals surface area contributed by atoms with Crippen molar-refractivity contribution in [2.45, 2.75) is 40.2 Å². The fourth-order valence-corrected chi connectivity index (χ4v) is 3.26. The molecule has 0 aliphatic carbocycles. The first-order chi connectivity index (χ1) is 13.9. The van der Waals surface area contributed by atoms with Crippen molar-refractivity contribution in [3.63, 3.8) is 0 Å². The smallest absolute Gasteiger partial charge is 0.338 e. The Kier molecular flexibility index (Phi) is 6.22. The second kappa shape index (κ2) is 8.82. The second-order valence-electron chi connectivity index (χ2n) is 6.90. The first-order valence-corrected chi connectivity index (χ1v) is 9.75. The molecule has 29 heavy (non-hydrogen) atoms. The molecule has 2 aromatic carbocycles. The van der Waals surface area contributed by atoms with Crippen LogP contribution in [0.2, 0.25) is 0 Å². The van der Waals surface area contributed by atoms with Crippen LogP contribution in [0.5, 0.6) is 0 Å². The molecule has 6 nitrogen and oxygen atoms in total. The topological polar surface area (TPSA) is 78.3 Å². The average Bonchev–Trinajstić information content (AvgIpc) is 2.73. The van der Waals surface area contributed by atoms with E-state index in [1.54, 1.807) is 41.8 Å². The lowest BCUT2D eigenvalue weighted by Gasteiger charge is -2.10. The number of carbonyl (C=O) groups excluding carboxylic acids is 2. The molecule has 0 fully saturated rings. The Morgan fingerprint density at radius 3 is 2.38 bits per heavy atom. The number of hydrogen-bond donors (Lipinski definition) is 0. The molecule has 0 spiro atoms. The molecule has 0 saturated carbocycles. The number of fused-ring (bicyclic) bond motifs is 1. The van der Waals surface area contributed by atoms with Crippen LogP contribution in [0.4, 0.5) is 0 Å². The van der Waals surface area contributed by atoms with E-state index in [1.165, 1.54) is 5.56 Å². The van der Waals surface area contributed by atoms with Gasteiger partial charge in [0.05, 0.1) is 16.6 Å². The molecule has 0 saturated heterocycles. The zero-order valence-corrected chi connectivity index (χ0v) is 16.9. The SMILES string of the molecule is CCCc1ccc(C(=O)COC(=O)c2ccc3c(c2)nc(C)c(=O)n3CC)cc1. The van der Waals surface area contributed by atoms with Crippen LogP contribution in [0.15, 0.2) is 47.3 Å². The van der Waals surface area contributed by atoms with E-state index in [-0.39, 0.29) is 23.5 Å². The minimum Gasteiger partial charge on any atom is -0.454 e. The third-order valence-electron chi connectivity index (χ3n) is 4.81. The van der Waals surface area contributed by atoms with Gasteiger partial charge in [0.2, 0.25) is 0 Å². The van der Waals surface area contributed by atoms with Crippen molar-refractivity contribution in [3.8, 4) is 0 Å². The molecule has 3 aromatic rings. The maximum absolute atomic E-state index is 12.4. The van der Waals surface area contributed by atoms with Gasteiger partial charge in [-0.25, -0.2) is 9.78 Å². The van der Waals surface area contributed by atoms with Crippen LogP contribution >= 0.6 is 0 Å². The molecule has 0 aliphatic heterocycles. The van der Waals surface area contributed by atoms with Gasteiger partial charge in [-0.3, -0.25) is 9.59 Å². The van der Waals surface area contributed by atoms with Gasteiger partial charge >= 0.3 is 5.97 Å². The number of aryl methyl sites for hydroxylation is 3. The average molecular weight is 392 g/mol. The fourth-order valence-electron chi connectivity index (χ4n) is 3.26. The number of benzene rings is 2. The molecule has 0 aliphatic rings. The number of carbonyl (C=O) groups is 2. The first kappa shape index (κ1) is 20.5. The third-order valence-corrected chi connectivity index (χ3v) is 4.81. The molecule has 0 bridgehead atoms. The molecule has 0 radical (unpaired) electrons. The van der Waals surface area contributed by atoms with Gasteiger partial charge in [-0.1, -0.05) is 37.6 Å². The van der Waals surface area contributed by atoms with Crippen LogP contribution in [-0.2, 0) is 17.7 Å². The summed E-state index contributed by atoms with van der Waals surface area (Å²) >= 11 is 0. The molecule has 1 aromatic heterocycles. The van der Waals surface area contributed by atoms with E-state index in [0.717, 1.165) is 12.8 Å². The van der Waals surface area contributed by atoms with Crippen LogP contribution in [-0.4, -0.2) is 27.9 Å². The van der Waals surface area contributed by atoms with Gasteiger partial charge in [-0.05, 0) is 44.0 Å². The molecular formula is C23H24N2O4. The van der Waals surface area contributed by atoms with Gasteiger partial charge in [-0.15, -0.1) is 0 Å². The minimum atomic E-state index is -0.600. The number of esters is 1. The Labute approximate surface area is 169 Å². The van der Waals surface area contributed by atoms with Crippen molar-refractivity contribution in [3.05, 3.63) is 75.2 Å². The Hall–Kier alpha value is -3.28. The van der Waals surface area contributed by atoms with Gasteiger partial charge < -0.3 is 9.30 Å². The lowest BCUT2D eigenvalue weighted by Crippen LogP contribution is -2.23. The van der Waals surface area contributed by atoms with Crippen molar-refractivity contribution in [1.29, 1.82) is 0 Å². The van der Waals surface area contributed by atoms with Crippen LogP contribution < -0.4 is 5.56 Å². The lowest BCUT2D eigenvalue weighted by molar-refractivity contribution is 0.0475. The zero-order valence-electron chi connectivity index (χ0n) is 16.9. The highest BCUT2D eigenvalue weighted by Crippen LogP contribution is 2.15. The number of rotatable bonds is 7. The Morgan fingerprint density at radius 2 is 1.72 bits per heavy atom. The van der Waals surface area contributed by atoms with Crippen molar-refractivity contribution >= 4 is 22.8 Å². The summed E-state index contributed by atoms with van der Waals surface area (Å²) < 4.78 is 6.81. The van der Waals surface area contributed by atoms with Crippen LogP contribution in [0.3, 0.4) is 0 Å². The lowest BCUT2D eigenvalue weighted by atomic mass is 10.1. The van der Waals surface area contributed by atoms with Gasteiger partial charge in [-0.2, -0.15) is 0 Å². The Bertz CT molecular complexity index is 1110. The van der Waals surface area contributed by atoms with Crippen LogP contribution in [0.25, 0.3) is 11.0 Å². The van der Waals surface area contributed by atoms with E-state index in [1.807, 2.05) is 19.1 Å². The molecule has 1 heterocycles. The summed E-state index contributed by atoms with van der Waals surface area (Å²) in [7, 11) is 0. The highest BCUT2D eigenvalue weighted by Gasteiger charge is 2.14. The number of ether oxygens (including phenoxy) is 1. The number of Topliss-reactive ketones (excluding diaryl/α,β-unsaturated/α-hetero) is 1. The monoisotopic (exact) mass is 392 g/mol. The summed E-state index contributed by atoms with van der Waals surface area (Å²) in [6.07, 6.45) is 2.00. The van der Waals surface area contributed by atoms with Gasteiger partial charge in [0.25, 0.3) is 5.56 Å². The second-order valence-corrected chi connectivity index (χ2v) is 6.90. The number of nitrogens with zero attached hydrogens (tertiary/aromatic N) is 2. The molecule has 150 valence electrons. The van der Waals surface area contributed by atoms with Gasteiger partial charge in [0.1, 0.15) is 5.69 Å². The van der Waals surface area contributed by atoms with E-state index in [2.05, 4.69) is 11.9 Å². The van der Waals surface area contributed by atoms with E-state index in [4.69, 9.17) is 4.74 Å². The predicted octanol–water partition coefficient (Wildman–Crippen LogP) is 3.72. The van der Waals surface area contributed by atoms with Crippen molar-refractivity contribution in [1.82, 2.24) is 9.55 Å². The van der Waals surface area contributed by atoms with E-state index < -0.39 is 5.97 Å². The summed E-state index contributed by atoms with van der Waals surface area (Å²) in [6, 6.07) is 12.2. The highest BCUT2D eigenvalue weighted by atomic mass is 16.5. The standard InChI is InChI=1S/C23H24N2O4/c1-4-6-16-7-9-17(10-8-16)21(26)14-29-23(28)18-11-12-20-19(13-18)24-15(3)22(27)25(20)5-2/h7-13H,4-6,14H2,1-3H3. The summed E-state index contributed by atoms with van der Waals surface area (Å²) in [5, 5.41) is 0. The van der Waals surface area contributed by atoms with E-state index in [9.17, 15) is 14.4 Å². The van der Waals surface area contributed by atoms with Crippen LogP contribution in [0, 0.1) is 6.92 Å². The summed E-state index contributed by atoms with van der Waals surface area (Å²) in [6.45, 7) is 5.80. The number of ketones is 1. The largest absolute Gasteiger partial charge is 0.454 e. The van der Waals surface area contributed by atoms with E-state index in [0.29, 0.717) is 28.8 Å². The van der Waals surface area contributed by atoms with Crippen molar-refractivity contribution < 1.29 is 14.3 Å². The number of aromatic nitrogens is 2. The summed E-state index contributed by atoms with van der Waals surface area (Å²) in [5.41, 5.74) is 3.39. The first-order valence-electron chi connectivity index (χ1n) is 9.75. The molecule has 0 N–H and O–H groups in total. The maximum Gasteiger partial charge on any atom is 0.338 e. The fraction of sp³-hybridized carbons (Fsp3) is 0.304. The highest BCUT2D eigenvalue weighted by molar-refractivity contribution is 6.00. The minimum absolute atomic E-state index is 0.147. The van der Waals surface area contributed by atoms with Crippen LogP contribution in [0.1, 0.15) is 52.2 Å². The Balaban J connectivity index is 1.73. The molecule has 0 unspecified atom stereocenters. The molecular weight excluding hydrogens is 368 g/mol. The third kappa shape index (κ3) is 4.42. The quantitative estimate of drug-likeness (QED) is 0.452. The normalized spacial score (nSPS) is 10.9.